The molecular weight excluding hydrogens is 299 g/mol. The first-order valence-corrected chi connectivity index (χ1v) is 6.89. The van der Waals surface area contributed by atoms with Crippen LogP contribution in [-0.2, 0) is 10.9 Å². The normalized spacial score (nSPS) is 13.8. The fourth-order valence-electron chi connectivity index (χ4n) is 1.83. The average molecular weight is 317 g/mol. The predicted octanol–water partition coefficient (Wildman–Crippen LogP) is 2.62. The van der Waals surface area contributed by atoms with Crippen molar-refractivity contribution in [2.45, 2.75) is 33.0 Å². The van der Waals surface area contributed by atoms with Crippen molar-refractivity contribution in [2.24, 2.45) is 5.92 Å². The van der Waals surface area contributed by atoms with Crippen LogP contribution in [0.5, 0.6) is 0 Å². The quantitative estimate of drug-likeness (QED) is 0.887. The standard InChI is InChI=1S/C13H18F3N5O/c1-8(2)5-22-6-9(3)19-11-4-10(13(14,15)16)20-12-17-7-18-21(11)12/h4,7-9,19H,5-6H2,1-3H3/t9-/m0/s1. The van der Waals surface area contributed by atoms with Gasteiger partial charge in [-0.05, 0) is 12.8 Å². The molecule has 0 fully saturated rings. The van der Waals surface area contributed by atoms with Crippen LogP contribution in [-0.4, -0.2) is 38.8 Å². The van der Waals surface area contributed by atoms with Crippen molar-refractivity contribution in [1.82, 2.24) is 19.6 Å². The van der Waals surface area contributed by atoms with Crippen LogP contribution < -0.4 is 5.32 Å². The molecule has 122 valence electrons. The molecule has 0 saturated carbocycles. The van der Waals surface area contributed by atoms with E-state index in [1.807, 2.05) is 20.8 Å². The highest BCUT2D eigenvalue weighted by molar-refractivity contribution is 5.46. The first-order valence-electron chi connectivity index (χ1n) is 6.89. The van der Waals surface area contributed by atoms with Crippen LogP contribution in [0.3, 0.4) is 0 Å². The van der Waals surface area contributed by atoms with Gasteiger partial charge >= 0.3 is 6.18 Å². The summed E-state index contributed by atoms with van der Waals surface area (Å²) in [6.07, 6.45) is -3.38. The third-order valence-corrected chi connectivity index (χ3v) is 2.76. The molecule has 0 aliphatic heterocycles. The molecule has 0 saturated heterocycles. The lowest BCUT2D eigenvalue weighted by molar-refractivity contribution is -0.141. The predicted molar refractivity (Wildman–Crippen MR) is 74.5 cm³/mol. The molecule has 6 nitrogen and oxygen atoms in total. The van der Waals surface area contributed by atoms with Gasteiger partial charge in [-0.25, -0.2) is 4.98 Å². The van der Waals surface area contributed by atoms with Crippen molar-refractivity contribution in [2.75, 3.05) is 18.5 Å². The Kier molecular flexibility index (Phi) is 4.84. The van der Waals surface area contributed by atoms with E-state index < -0.39 is 11.9 Å². The molecule has 0 spiro atoms. The fourth-order valence-corrected chi connectivity index (χ4v) is 1.83. The highest BCUT2D eigenvalue weighted by Crippen LogP contribution is 2.29. The van der Waals surface area contributed by atoms with Gasteiger partial charge in [0.15, 0.2) is 5.69 Å². The minimum absolute atomic E-state index is 0.104. The van der Waals surface area contributed by atoms with Gasteiger partial charge in [-0.1, -0.05) is 13.8 Å². The molecule has 0 radical (unpaired) electrons. The van der Waals surface area contributed by atoms with Gasteiger partial charge in [-0.2, -0.15) is 27.8 Å². The Morgan fingerprint density at radius 1 is 1.27 bits per heavy atom. The lowest BCUT2D eigenvalue weighted by Gasteiger charge is -2.17. The molecule has 0 unspecified atom stereocenters. The number of rotatable bonds is 6. The van der Waals surface area contributed by atoms with E-state index in [0.717, 1.165) is 12.4 Å². The van der Waals surface area contributed by atoms with E-state index in [9.17, 15) is 13.2 Å². The first-order chi connectivity index (χ1) is 10.3. The highest BCUT2D eigenvalue weighted by Gasteiger charge is 2.34. The van der Waals surface area contributed by atoms with Crippen LogP contribution in [0.2, 0.25) is 0 Å². The molecule has 0 aromatic carbocycles. The molecule has 2 aromatic rings. The van der Waals surface area contributed by atoms with Crippen LogP contribution in [0.4, 0.5) is 19.0 Å². The second-order valence-corrected chi connectivity index (χ2v) is 5.47. The van der Waals surface area contributed by atoms with Gasteiger partial charge in [0.05, 0.1) is 6.61 Å². The van der Waals surface area contributed by atoms with Crippen LogP contribution >= 0.6 is 0 Å². The molecule has 1 atom stereocenters. The number of hydrogen-bond donors (Lipinski definition) is 1. The number of alkyl halides is 3. The summed E-state index contributed by atoms with van der Waals surface area (Å²) in [5.41, 5.74) is -1.01. The Bertz CT molecular complexity index is 626. The molecule has 2 aromatic heterocycles. The molecule has 22 heavy (non-hydrogen) atoms. The molecule has 9 heteroatoms. The summed E-state index contributed by atoms with van der Waals surface area (Å²) in [5, 5.41) is 6.83. The number of aromatic nitrogens is 4. The number of anilines is 1. The van der Waals surface area contributed by atoms with Gasteiger partial charge in [0, 0.05) is 18.7 Å². The second kappa shape index (κ2) is 6.47. The van der Waals surface area contributed by atoms with E-state index in [2.05, 4.69) is 20.4 Å². The van der Waals surface area contributed by atoms with Crippen LogP contribution in [0.15, 0.2) is 12.4 Å². The summed E-state index contributed by atoms with van der Waals surface area (Å²) < 4.78 is 45.3. The Morgan fingerprint density at radius 3 is 2.64 bits per heavy atom. The Morgan fingerprint density at radius 2 is 2.00 bits per heavy atom. The topological polar surface area (TPSA) is 64.3 Å². The van der Waals surface area contributed by atoms with Gasteiger partial charge in [-0.15, -0.1) is 0 Å². The van der Waals surface area contributed by atoms with Gasteiger partial charge in [0.25, 0.3) is 5.78 Å². The highest BCUT2D eigenvalue weighted by atomic mass is 19.4. The minimum atomic E-state index is -4.54. The summed E-state index contributed by atoms with van der Waals surface area (Å²) in [6.45, 7) is 6.83. The monoisotopic (exact) mass is 317 g/mol. The maximum Gasteiger partial charge on any atom is 0.433 e. The van der Waals surface area contributed by atoms with E-state index in [-0.39, 0.29) is 17.6 Å². The van der Waals surface area contributed by atoms with Gasteiger partial charge in [0.1, 0.15) is 12.1 Å². The molecule has 0 bridgehead atoms. The number of nitrogens with one attached hydrogen (secondary N) is 1. The second-order valence-electron chi connectivity index (χ2n) is 5.47. The third-order valence-electron chi connectivity index (χ3n) is 2.76. The molecule has 0 aliphatic carbocycles. The summed E-state index contributed by atoms with van der Waals surface area (Å²) >= 11 is 0. The summed E-state index contributed by atoms with van der Waals surface area (Å²) in [6, 6.07) is 0.732. The average Bonchev–Trinajstić information content (AvgIpc) is 2.85. The molecule has 2 rings (SSSR count). The lowest BCUT2D eigenvalue weighted by Crippen LogP contribution is -2.25. The SMILES string of the molecule is CC(C)COC[C@H](C)Nc1cc(C(F)(F)F)nc2ncnn12. The fraction of sp³-hybridized carbons (Fsp3) is 0.615. The number of hydrogen-bond acceptors (Lipinski definition) is 5. The summed E-state index contributed by atoms with van der Waals surface area (Å²) in [4.78, 5) is 7.17. The van der Waals surface area contributed by atoms with Crippen LogP contribution in [0.1, 0.15) is 26.5 Å². The number of ether oxygens (including phenoxy) is 1. The zero-order chi connectivity index (χ0) is 16.3. The van der Waals surface area contributed by atoms with Crippen molar-refractivity contribution in [3.63, 3.8) is 0 Å². The van der Waals surface area contributed by atoms with Gasteiger partial charge in [-0.3, -0.25) is 0 Å². The van der Waals surface area contributed by atoms with Crippen LogP contribution in [0, 0.1) is 5.92 Å². The summed E-state index contributed by atoms with van der Waals surface area (Å²) in [5.74, 6) is 0.468. The van der Waals surface area contributed by atoms with E-state index in [1.54, 1.807) is 0 Å². The molecular formula is C13H18F3N5O. The largest absolute Gasteiger partial charge is 0.433 e. The summed E-state index contributed by atoms with van der Waals surface area (Å²) in [7, 11) is 0. The third kappa shape index (κ3) is 4.06. The van der Waals surface area contributed by atoms with Crippen molar-refractivity contribution in [3.8, 4) is 0 Å². The number of halogens is 3. The van der Waals surface area contributed by atoms with Crippen molar-refractivity contribution in [3.05, 3.63) is 18.1 Å². The van der Waals surface area contributed by atoms with E-state index in [1.165, 1.54) is 4.52 Å². The minimum Gasteiger partial charge on any atom is -0.379 e. The van der Waals surface area contributed by atoms with E-state index in [4.69, 9.17) is 4.74 Å². The number of fused-ring (bicyclic) bond motifs is 1. The molecule has 2 heterocycles. The van der Waals surface area contributed by atoms with Gasteiger partial charge in [0.2, 0.25) is 0 Å². The Labute approximate surface area is 125 Å². The number of nitrogens with zero attached hydrogens (tertiary/aromatic N) is 4. The zero-order valence-corrected chi connectivity index (χ0v) is 12.6. The Balaban J connectivity index is 2.17. The zero-order valence-electron chi connectivity index (χ0n) is 12.6. The molecule has 1 N–H and O–H groups in total. The van der Waals surface area contributed by atoms with E-state index in [0.29, 0.717) is 19.1 Å². The maximum atomic E-state index is 12.9. The first kappa shape index (κ1) is 16.5. The maximum absolute atomic E-state index is 12.9. The van der Waals surface area contributed by atoms with Gasteiger partial charge < -0.3 is 10.1 Å². The van der Waals surface area contributed by atoms with E-state index >= 15 is 0 Å². The lowest BCUT2D eigenvalue weighted by atomic mass is 10.2. The van der Waals surface area contributed by atoms with Crippen molar-refractivity contribution < 1.29 is 17.9 Å². The smallest absolute Gasteiger partial charge is 0.379 e. The molecule has 0 amide bonds. The van der Waals surface area contributed by atoms with Crippen LogP contribution in [0.25, 0.3) is 5.78 Å². The molecule has 0 aliphatic rings. The van der Waals surface area contributed by atoms with Crippen molar-refractivity contribution in [1.29, 1.82) is 0 Å². The van der Waals surface area contributed by atoms with Crippen molar-refractivity contribution >= 4 is 11.6 Å². The Hall–Kier alpha value is -1.90.